The van der Waals surface area contributed by atoms with E-state index in [-0.39, 0.29) is 10.9 Å². The van der Waals surface area contributed by atoms with Gasteiger partial charge in [0, 0.05) is 13.1 Å². The van der Waals surface area contributed by atoms with Crippen LogP contribution in [-0.2, 0) is 0 Å². The van der Waals surface area contributed by atoms with Gasteiger partial charge in [0.15, 0.2) is 0 Å². The van der Waals surface area contributed by atoms with Gasteiger partial charge in [0.1, 0.15) is 0 Å². The molecule has 1 aliphatic heterocycles. The lowest BCUT2D eigenvalue weighted by Gasteiger charge is -2.16. The van der Waals surface area contributed by atoms with Gasteiger partial charge < -0.3 is 10.0 Å². The topological polar surface area (TPSA) is 40.5 Å². The number of amides is 1. The number of carbonyl (C=O) groups excluding carboxylic acids is 1. The first-order valence-corrected chi connectivity index (χ1v) is 5.76. The number of halogens is 2. The molecule has 0 bridgehead atoms. The Morgan fingerprint density at radius 3 is 2.81 bits per heavy atom. The molecule has 1 amide bonds. The first kappa shape index (κ1) is 11.7. The van der Waals surface area contributed by atoms with Gasteiger partial charge in [0.25, 0.3) is 5.91 Å². The van der Waals surface area contributed by atoms with Gasteiger partial charge in [-0.2, -0.15) is 0 Å². The molecule has 3 nitrogen and oxygen atoms in total. The number of benzene rings is 1. The Bertz CT molecular complexity index is 422. The molecule has 2 rings (SSSR count). The van der Waals surface area contributed by atoms with Gasteiger partial charge in [-0.1, -0.05) is 29.3 Å². The molecule has 1 aliphatic rings. The molecular weight excluding hydrogens is 249 g/mol. The minimum Gasteiger partial charge on any atom is -0.391 e. The summed E-state index contributed by atoms with van der Waals surface area (Å²) in [6.07, 6.45) is 0.186. The predicted octanol–water partition coefficient (Wildman–Crippen LogP) is 2.20. The number of hydrogen-bond donors (Lipinski definition) is 1. The normalized spacial score (nSPS) is 20.2. The SMILES string of the molecule is O=C(c1cccc(Cl)c1Cl)N1CCC(O)C1. The molecule has 1 unspecified atom stereocenters. The number of aliphatic hydroxyl groups excluding tert-OH is 1. The Hall–Kier alpha value is -0.770. The van der Waals surface area contributed by atoms with E-state index in [9.17, 15) is 9.90 Å². The summed E-state index contributed by atoms with van der Waals surface area (Å²) in [5.41, 5.74) is 0.392. The fourth-order valence-electron chi connectivity index (χ4n) is 1.77. The smallest absolute Gasteiger partial charge is 0.255 e. The first-order chi connectivity index (χ1) is 7.59. The maximum atomic E-state index is 12.0. The van der Waals surface area contributed by atoms with E-state index in [2.05, 4.69) is 0 Å². The third kappa shape index (κ3) is 2.17. The lowest BCUT2D eigenvalue weighted by Crippen LogP contribution is -2.29. The standard InChI is InChI=1S/C11H11Cl2NO2/c12-9-3-1-2-8(10(9)13)11(16)14-5-4-7(15)6-14/h1-3,7,15H,4-6H2. The van der Waals surface area contributed by atoms with Crippen molar-refractivity contribution in [3.05, 3.63) is 33.8 Å². The van der Waals surface area contributed by atoms with Gasteiger partial charge in [-0.25, -0.2) is 0 Å². The van der Waals surface area contributed by atoms with Crippen molar-refractivity contribution >= 4 is 29.1 Å². The molecule has 1 atom stereocenters. The third-order valence-corrected chi connectivity index (χ3v) is 3.45. The van der Waals surface area contributed by atoms with E-state index in [1.165, 1.54) is 0 Å². The Kier molecular flexibility index (Phi) is 3.38. The quantitative estimate of drug-likeness (QED) is 0.840. The maximum absolute atomic E-state index is 12.0. The zero-order chi connectivity index (χ0) is 11.7. The molecular formula is C11H11Cl2NO2. The fourth-order valence-corrected chi connectivity index (χ4v) is 2.15. The highest BCUT2D eigenvalue weighted by atomic mass is 35.5. The molecule has 86 valence electrons. The number of carbonyl (C=O) groups is 1. The van der Waals surface area contributed by atoms with Crippen LogP contribution in [0.3, 0.4) is 0 Å². The van der Waals surface area contributed by atoms with Crippen molar-refractivity contribution in [2.75, 3.05) is 13.1 Å². The van der Waals surface area contributed by atoms with Gasteiger partial charge in [-0.3, -0.25) is 4.79 Å². The van der Waals surface area contributed by atoms with Crippen molar-refractivity contribution in [3.8, 4) is 0 Å². The Labute approximate surface area is 104 Å². The van der Waals surface area contributed by atoms with Gasteiger partial charge in [0.2, 0.25) is 0 Å². The summed E-state index contributed by atoms with van der Waals surface area (Å²) in [5.74, 6) is -0.177. The van der Waals surface area contributed by atoms with Crippen LogP contribution >= 0.6 is 23.2 Å². The summed E-state index contributed by atoms with van der Waals surface area (Å²) in [4.78, 5) is 13.6. The zero-order valence-corrected chi connectivity index (χ0v) is 10.0. The van der Waals surface area contributed by atoms with Gasteiger partial charge in [-0.15, -0.1) is 0 Å². The summed E-state index contributed by atoms with van der Waals surface area (Å²) in [6.45, 7) is 0.921. The molecule has 1 fully saturated rings. The van der Waals surface area contributed by atoms with E-state index >= 15 is 0 Å². The number of nitrogens with zero attached hydrogens (tertiary/aromatic N) is 1. The average molecular weight is 260 g/mol. The molecule has 1 N–H and O–H groups in total. The number of hydrogen-bond acceptors (Lipinski definition) is 2. The highest BCUT2D eigenvalue weighted by Crippen LogP contribution is 2.27. The summed E-state index contributed by atoms with van der Waals surface area (Å²) in [7, 11) is 0. The van der Waals surface area contributed by atoms with Crippen molar-refractivity contribution in [3.63, 3.8) is 0 Å². The third-order valence-electron chi connectivity index (χ3n) is 2.63. The van der Waals surface area contributed by atoms with E-state index < -0.39 is 6.10 Å². The summed E-state index contributed by atoms with van der Waals surface area (Å²) >= 11 is 11.8. The van der Waals surface area contributed by atoms with Crippen LogP contribution in [-0.4, -0.2) is 35.1 Å². The molecule has 0 spiro atoms. The monoisotopic (exact) mass is 259 g/mol. The fraction of sp³-hybridized carbons (Fsp3) is 0.364. The van der Waals surface area contributed by atoms with Crippen molar-refractivity contribution in [2.45, 2.75) is 12.5 Å². The Balaban J connectivity index is 2.24. The molecule has 0 aliphatic carbocycles. The predicted molar refractivity (Wildman–Crippen MR) is 63.0 cm³/mol. The average Bonchev–Trinajstić information content (AvgIpc) is 2.68. The molecule has 0 radical (unpaired) electrons. The summed E-state index contributed by atoms with van der Waals surface area (Å²) in [5, 5.41) is 10.0. The largest absolute Gasteiger partial charge is 0.391 e. The summed E-state index contributed by atoms with van der Waals surface area (Å²) in [6, 6.07) is 4.97. The van der Waals surface area contributed by atoms with Crippen molar-refractivity contribution < 1.29 is 9.90 Å². The lowest BCUT2D eigenvalue weighted by molar-refractivity contribution is 0.0765. The first-order valence-electron chi connectivity index (χ1n) is 5.01. The lowest BCUT2D eigenvalue weighted by atomic mass is 10.2. The van der Waals surface area contributed by atoms with Crippen LogP contribution in [0.25, 0.3) is 0 Å². The second-order valence-corrected chi connectivity index (χ2v) is 4.58. The van der Waals surface area contributed by atoms with Crippen LogP contribution in [0.2, 0.25) is 10.0 Å². The Morgan fingerprint density at radius 2 is 2.19 bits per heavy atom. The zero-order valence-electron chi connectivity index (χ0n) is 8.49. The highest BCUT2D eigenvalue weighted by molar-refractivity contribution is 6.43. The maximum Gasteiger partial charge on any atom is 0.255 e. The van der Waals surface area contributed by atoms with Crippen LogP contribution in [0.15, 0.2) is 18.2 Å². The van der Waals surface area contributed by atoms with Gasteiger partial charge in [-0.05, 0) is 18.6 Å². The molecule has 1 saturated heterocycles. The summed E-state index contributed by atoms with van der Waals surface area (Å²) < 4.78 is 0. The number of aliphatic hydroxyl groups is 1. The molecule has 1 aromatic carbocycles. The molecule has 1 heterocycles. The number of β-amino-alcohol motifs (C(OH)–C–C–N with tert-alkyl or cyclic N) is 1. The minimum absolute atomic E-state index is 0.177. The second-order valence-electron chi connectivity index (χ2n) is 3.80. The number of likely N-dealkylation sites (tertiary alicyclic amines) is 1. The van der Waals surface area contributed by atoms with E-state index in [4.69, 9.17) is 23.2 Å². The van der Waals surface area contributed by atoms with Crippen molar-refractivity contribution in [2.24, 2.45) is 0 Å². The van der Waals surface area contributed by atoms with Crippen LogP contribution in [0, 0.1) is 0 Å². The molecule has 16 heavy (non-hydrogen) atoms. The van der Waals surface area contributed by atoms with Crippen LogP contribution in [0.5, 0.6) is 0 Å². The van der Waals surface area contributed by atoms with Gasteiger partial charge in [0.05, 0.1) is 21.7 Å². The molecule has 1 aromatic rings. The van der Waals surface area contributed by atoms with E-state index in [0.29, 0.717) is 30.1 Å². The van der Waals surface area contributed by atoms with Gasteiger partial charge >= 0.3 is 0 Å². The van der Waals surface area contributed by atoms with Crippen LogP contribution in [0.4, 0.5) is 0 Å². The number of rotatable bonds is 1. The molecule has 5 heteroatoms. The Morgan fingerprint density at radius 1 is 1.44 bits per heavy atom. The van der Waals surface area contributed by atoms with E-state index in [1.54, 1.807) is 23.1 Å². The van der Waals surface area contributed by atoms with Crippen LogP contribution in [0.1, 0.15) is 16.8 Å². The highest BCUT2D eigenvalue weighted by Gasteiger charge is 2.26. The van der Waals surface area contributed by atoms with Crippen LogP contribution < -0.4 is 0 Å². The van der Waals surface area contributed by atoms with Crippen molar-refractivity contribution in [1.29, 1.82) is 0 Å². The molecule has 0 saturated carbocycles. The van der Waals surface area contributed by atoms with Crippen molar-refractivity contribution in [1.82, 2.24) is 4.90 Å². The molecule has 0 aromatic heterocycles. The second kappa shape index (κ2) is 4.62. The van der Waals surface area contributed by atoms with E-state index in [0.717, 1.165) is 0 Å². The minimum atomic E-state index is -0.429. The van der Waals surface area contributed by atoms with E-state index in [1.807, 2.05) is 0 Å².